The molecule has 1 heterocycles. The largest absolute Gasteiger partial charge is 0.504 e. The van der Waals surface area contributed by atoms with Crippen molar-refractivity contribution in [2.24, 2.45) is 17.3 Å². The van der Waals surface area contributed by atoms with Crippen LogP contribution < -0.4 is 10.5 Å². The van der Waals surface area contributed by atoms with Gasteiger partial charge in [-0.1, -0.05) is 25.3 Å². The van der Waals surface area contributed by atoms with Crippen LogP contribution in [-0.4, -0.2) is 39.1 Å². The molecule has 1 aromatic heterocycles. The molecule has 0 radical (unpaired) electrons. The second-order valence-electron chi connectivity index (χ2n) is 10.9. The standard InChI is InChI=1S/C31H42N2O4/c1-2-31-15-3-7-24(13-17-31)30(36)25(8-4-16-31)26(34)11-9-23-10-12-27(35)28(20-23)37-19-5-6-22-14-18-33-29(32)21-22/h10,12,14,18,20-21,24-26,30,34-36H,2-3,5-9,11,13,15,17,19H2,1H3,(H2,32,33)/t24-,25+,26+,30-,31-/m0/s1. The van der Waals surface area contributed by atoms with Crippen LogP contribution in [0.3, 0.4) is 0 Å². The number of hydrogen-bond acceptors (Lipinski definition) is 6. The number of aromatic nitrogens is 1. The molecule has 6 nitrogen and oxygen atoms in total. The van der Waals surface area contributed by atoms with E-state index in [-0.39, 0.29) is 23.0 Å². The van der Waals surface area contributed by atoms with Crippen LogP contribution in [0.15, 0.2) is 36.5 Å². The molecule has 0 aliphatic heterocycles. The van der Waals surface area contributed by atoms with Crippen LogP contribution in [0.1, 0.15) is 75.8 Å². The number of benzene rings is 1. The number of aliphatic hydroxyl groups excluding tert-OH is 2. The molecule has 0 amide bonds. The minimum Gasteiger partial charge on any atom is -0.504 e. The summed E-state index contributed by atoms with van der Waals surface area (Å²) in [6.45, 7) is 2.69. The molecule has 2 aliphatic carbocycles. The van der Waals surface area contributed by atoms with Crippen LogP contribution in [0.5, 0.6) is 11.5 Å². The molecule has 2 bridgehead atoms. The van der Waals surface area contributed by atoms with Gasteiger partial charge in [0, 0.05) is 24.0 Å². The van der Waals surface area contributed by atoms with Gasteiger partial charge in [0.15, 0.2) is 11.5 Å². The lowest BCUT2D eigenvalue weighted by Crippen LogP contribution is -2.37. The molecule has 0 saturated heterocycles. The zero-order valence-electron chi connectivity index (χ0n) is 22.0. The number of aryl methyl sites for hydroxylation is 2. The van der Waals surface area contributed by atoms with Gasteiger partial charge in [0.05, 0.1) is 18.8 Å². The van der Waals surface area contributed by atoms with Crippen molar-refractivity contribution < 1.29 is 20.1 Å². The Kier molecular flexibility index (Phi) is 9.34. The fourth-order valence-corrected chi connectivity index (χ4v) is 6.00. The lowest BCUT2D eigenvalue weighted by atomic mass is 9.78. The van der Waals surface area contributed by atoms with Crippen LogP contribution in [0.2, 0.25) is 0 Å². The third kappa shape index (κ3) is 7.18. The van der Waals surface area contributed by atoms with Gasteiger partial charge in [-0.3, -0.25) is 0 Å². The van der Waals surface area contributed by atoms with Gasteiger partial charge >= 0.3 is 0 Å². The molecule has 6 heteroatoms. The van der Waals surface area contributed by atoms with Gasteiger partial charge in [0.25, 0.3) is 0 Å². The number of nitrogen functional groups attached to an aromatic ring is 1. The number of phenolic OH excluding ortho intramolecular Hbond substituents is 1. The summed E-state index contributed by atoms with van der Waals surface area (Å²) in [5, 5.41) is 32.6. The lowest BCUT2D eigenvalue weighted by Gasteiger charge is -2.31. The highest BCUT2D eigenvalue weighted by molar-refractivity contribution is 5.42. The smallest absolute Gasteiger partial charge is 0.161 e. The molecule has 5 atom stereocenters. The van der Waals surface area contributed by atoms with Crippen molar-refractivity contribution in [1.29, 1.82) is 0 Å². The fourth-order valence-electron chi connectivity index (χ4n) is 6.00. The summed E-state index contributed by atoms with van der Waals surface area (Å²) in [5.74, 6) is 7.98. The Balaban J connectivity index is 1.33. The topological polar surface area (TPSA) is 109 Å². The van der Waals surface area contributed by atoms with Crippen molar-refractivity contribution >= 4 is 5.82 Å². The summed E-state index contributed by atoms with van der Waals surface area (Å²) in [6.07, 6.45) is 10.2. The number of aromatic hydroxyl groups is 1. The number of hydrogen-bond donors (Lipinski definition) is 4. The van der Waals surface area contributed by atoms with Crippen LogP contribution in [-0.2, 0) is 12.8 Å². The predicted molar refractivity (Wildman–Crippen MR) is 146 cm³/mol. The van der Waals surface area contributed by atoms with Gasteiger partial charge in [-0.15, -0.1) is 5.92 Å². The second kappa shape index (κ2) is 12.7. The summed E-state index contributed by atoms with van der Waals surface area (Å²) < 4.78 is 5.86. The van der Waals surface area contributed by atoms with Gasteiger partial charge in [0.1, 0.15) is 5.82 Å². The monoisotopic (exact) mass is 506 g/mol. The van der Waals surface area contributed by atoms with E-state index >= 15 is 0 Å². The number of pyridine rings is 1. The molecule has 1 fully saturated rings. The zero-order chi connectivity index (χ0) is 26.3. The Labute approximate surface area is 221 Å². The van der Waals surface area contributed by atoms with Gasteiger partial charge in [-0.2, -0.15) is 0 Å². The maximum absolute atomic E-state index is 11.2. The van der Waals surface area contributed by atoms with Gasteiger partial charge in [-0.05, 0) is 99.1 Å². The van der Waals surface area contributed by atoms with Crippen LogP contribution >= 0.6 is 0 Å². The normalized spacial score (nSPS) is 26.2. The van der Waals surface area contributed by atoms with Gasteiger partial charge < -0.3 is 25.8 Å². The van der Waals surface area contributed by atoms with Crippen LogP contribution in [0, 0.1) is 29.1 Å². The molecule has 2 aliphatic rings. The number of rotatable bonds is 10. The number of phenols is 1. The summed E-state index contributed by atoms with van der Waals surface area (Å²) in [6, 6.07) is 9.16. The SMILES string of the molecule is CC[C@@]12C#CC[C@H]([C@H](O)CCc3ccc(O)c(OCCCc4ccnc(N)c4)c3)[C@@H](O)[C@@H](CCC1)CC2. The van der Waals surface area contributed by atoms with Crippen molar-refractivity contribution in [2.75, 3.05) is 12.3 Å². The van der Waals surface area contributed by atoms with Crippen molar-refractivity contribution in [2.45, 2.75) is 89.8 Å². The first-order valence-electron chi connectivity index (χ1n) is 13.9. The Bertz CT molecular complexity index is 1090. The van der Waals surface area contributed by atoms with E-state index in [9.17, 15) is 15.3 Å². The number of aliphatic hydroxyl groups is 2. The minimum atomic E-state index is -0.633. The first-order chi connectivity index (χ1) is 17.9. The summed E-state index contributed by atoms with van der Waals surface area (Å²) in [5.41, 5.74) is 7.91. The van der Waals surface area contributed by atoms with E-state index in [1.165, 1.54) is 0 Å². The molecule has 200 valence electrons. The van der Waals surface area contributed by atoms with Gasteiger partial charge in [0.2, 0.25) is 0 Å². The number of nitrogens with two attached hydrogens (primary N) is 1. The van der Waals surface area contributed by atoms with E-state index in [1.54, 1.807) is 12.3 Å². The summed E-state index contributed by atoms with van der Waals surface area (Å²) >= 11 is 0. The molecule has 0 spiro atoms. The zero-order valence-corrected chi connectivity index (χ0v) is 22.0. The van der Waals surface area contributed by atoms with Crippen LogP contribution in [0.25, 0.3) is 0 Å². The molecule has 37 heavy (non-hydrogen) atoms. The van der Waals surface area contributed by atoms with E-state index in [0.717, 1.165) is 62.5 Å². The quantitative estimate of drug-likeness (QED) is 0.266. The lowest BCUT2D eigenvalue weighted by molar-refractivity contribution is -0.0231. The highest BCUT2D eigenvalue weighted by Crippen LogP contribution is 2.43. The number of fused-ring (bicyclic) bond motifs is 3. The third-order valence-electron chi connectivity index (χ3n) is 8.47. The maximum Gasteiger partial charge on any atom is 0.161 e. The molecular weight excluding hydrogens is 464 g/mol. The fraction of sp³-hybridized carbons (Fsp3) is 0.581. The first-order valence-corrected chi connectivity index (χ1v) is 13.9. The number of ether oxygens (including phenoxy) is 1. The highest BCUT2D eigenvalue weighted by atomic mass is 16.5. The minimum absolute atomic E-state index is 0.0857. The molecule has 1 saturated carbocycles. The second-order valence-corrected chi connectivity index (χ2v) is 10.9. The van der Waals surface area contributed by atoms with Crippen molar-refractivity contribution in [3.8, 4) is 23.3 Å². The number of anilines is 1. The highest BCUT2D eigenvalue weighted by Gasteiger charge is 2.38. The Morgan fingerprint density at radius 3 is 2.81 bits per heavy atom. The van der Waals surface area contributed by atoms with E-state index in [1.807, 2.05) is 24.3 Å². The average molecular weight is 507 g/mol. The molecular formula is C31H42N2O4. The van der Waals surface area contributed by atoms with Crippen LogP contribution in [0.4, 0.5) is 5.82 Å². The van der Waals surface area contributed by atoms with Gasteiger partial charge in [-0.25, -0.2) is 4.98 Å². The Morgan fingerprint density at radius 2 is 2.00 bits per heavy atom. The van der Waals surface area contributed by atoms with E-state index in [2.05, 4.69) is 23.7 Å². The van der Waals surface area contributed by atoms with E-state index in [0.29, 0.717) is 37.4 Å². The summed E-state index contributed by atoms with van der Waals surface area (Å²) in [7, 11) is 0. The van der Waals surface area contributed by atoms with E-state index < -0.39 is 12.2 Å². The molecule has 5 N–H and O–H groups in total. The number of nitrogens with zero attached hydrogens (tertiary/aromatic N) is 1. The van der Waals surface area contributed by atoms with Crippen molar-refractivity contribution in [3.63, 3.8) is 0 Å². The first kappa shape index (κ1) is 27.3. The Hall–Kier alpha value is -2.75. The molecule has 2 aromatic rings. The average Bonchev–Trinajstić information content (AvgIpc) is 3.08. The maximum atomic E-state index is 11.2. The Morgan fingerprint density at radius 1 is 1.16 bits per heavy atom. The molecule has 1 aromatic carbocycles. The predicted octanol–water partition coefficient (Wildman–Crippen LogP) is 5.04. The van der Waals surface area contributed by atoms with E-state index in [4.69, 9.17) is 10.5 Å². The third-order valence-corrected chi connectivity index (χ3v) is 8.47. The van der Waals surface area contributed by atoms with Crippen molar-refractivity contribution in [3.05, 3.63) is 47.7 Å². The molecule has 4 rings (SSSR count). The molecule has 0 unspecified atom stereocenters. The van der Waals surface area contributed by atoms with Crippen molar-refractivity contribution in [1.82, 2.24) is 4.98 Å². The summed E-state index contributed by atoms with van der Waals surface area (Å²) in [4.78, 5) is 4.01.